The van der Waals surface area contributed by atoms with E-state index in [4.69, 9.17) is 14.9 Å². The Hall–Kier alpha value is -2.33. The monoisotopic (exact) mass is 268 g/mol. The van der Waals surface area contributed by atoms with Crippen LogP contribution in [0.3, 0.4) is 0 Å². The quantitative estimate of drug-likeness (QED) is 0.790. The molecule has 3 aromatic rings. The van der Waals surface area contributed by atoms with Crippen molar-refractivity contribution in [2.45, 2.75) is 6.42 Å². The van der Waals surface area contributed by atoms with E-state index in [1.54, 1.807) is 7.11 Å². The van der Waals surface area contributed by atoms with Crippen LogP contribution in [-0.4, -0.2) is 18.6 Å². The minimum atomic E-state index is 0.618. The van der Waals surface area contributed by atoms with Gasteiger partial charge in [0.1, 0.15) is 11.3 Å². The first kappa shape index (κ1) is 12.7. The molecule has 0 amide bonds. The van der Waals surface area contributed by atoms with E-state index < -0.39 is 0 Å². The topological polar surface area (TPSA) is 61.3 Å². The molecular formula is C16H16N2O2. The minimum absolute atomic E-state index is 0.618. The Morgan fingerprint density at radius 3 is 2.65 bits per heavy atom. The number of ether oxygens (including phenoxy) is 1. The fourth-order valence-electron chi connectivity index (χ4n) is 2.14. The molecule has 102 valence electrons. The highest BCUT2D eigenvalue weighted by atomic mass is 16.5. The Bertz CT molecular complexity index is 717. The summed E-state index contributed by atoms with van der Waals surface area (Å²) in [4.78, 5) is 4.49. The van der Waals surface area contributed by atoms with Gasteiger partial charge < -0.3 is 14.9 Å². The number of hydrogen-bond donors (Lipinski definition) is 1. The Morgan fingerprint density at radius 2 is 1.95 bits per heavy atom. The molecule has 0 radical (unpaired) electrons. The molecule has 2 aromatic carbocycles. The predicted molar refractivity (Wildman–Crippen MR) is 78.8 cm³/mol. The highest BCUT2D eigenvalue weighted by Crippen LogP contribution is 2.27. The van der Waals surface area contributed by atoms with E-state index >= 15 is 0 Å². The third kappa shape index (κ3) is 2.38. The van der Waals surface area contributed by atoms with E-state index in [-0.39, 0.29) is 0 Å². The van der Waals surface area contributed by atoms with Crippen LogP contribution in [0.1, 0.15) is 5.56 Å². The van der Waals surface area contributed by atoms with Crippen LogP contribution in [0.2, 0.25) is 0 Å². The molecule has 0 atom stereocenters. The molecule has 0 fully saturated rings. The first-order valence-corrected chi connectivity index (χ1v) is 6.54. The fraction of sp³-hybridized carbons (Fsp3) is 0.188. The summed E-state index contributed by atoms with van der Waals surface area (Å²) in [6.45, 7) is 0.655. The molecule has 2 N–H and O–H groups in total. The third-order valence-corrected chi connectivity index (χ3v) is 3.23. The van der Waals surface area contributed by atoms with E-state index in [2.05, 4.69) is 17.1 Å². The van der Waals surface area contributed by atoms with Crippen molar-refractivity contribution in [2.24, 2.45) is 5.73 Å². The van der Waals surface area contributed by atoms with Crippen LogP contribution in [0.25, 0.3) is 22.6 Å². The number of nitrogens with zero attached hydrogens (tertiary/aromatic N) is 1. The fourth-order valence-corrected chi connectivity index (χ4v) is 2.14. The number of hydrogen-bond acceptors (Lipinski definition) is 4. The van der Waals surface area contributed by atoms with Crippen molar-refractivity contribution in [1.82, 2.24) is 4.98 Å². The highest BCUT2D eigenvalue weighted by molar-refractivity contribution is 5.77. The Balaban J connectivity index is 1.96. The summed E-state index contributed by atoms with van der Waals surface area (Å²) in [5, 5.41) is 0. The van der Waals surface area contributed by atoms with Crippen molar-refractivity contribution in [3.8, 4) is 17.2 Å². The van der Waals surface area contributed by atoms with Gasteiger partial charge in [-0.05, 0) is 42.8 Å². The number of nitrogens with two attached hydrogens (primary N) is 1. The summed E-state index contributed by atoms with van der Waals surface area (Å²) < 4.78 is 11.0. The molecule has 4 nitrogen and oxygen atoms in total. The lowest BCUT2D eigenvalue weighted by atomic mass is 10.1. The van der Waals surface area contributed by atoms with E-state index in [9.17, 15) is 0 Å². The third-order valence-electron chi connectivity index (χ3n) is 3.23. The van der Waals surface area contributed by atoms with Crippen molar-refractivity contribution in [2.75, 3.05) is 13.7 Å². The summed E-state index contributed by atoms with van der Waals surface area (Å²) in [6, 6.07) is 13.7. The van der Waals surface area contributed by atoms with Gasteiger partial charge in [0.25, 0.3) is 0 Å². The van der Waals surface area contributed by atoms with E-state index in [1.807, 2.05) is 30.3 Å². The average molecular weight is 268 g/mol. The SMILES string of the molecule is COc1ccc2nc(-c3ccc(CCN)cc3)oc2c1. The number of benzene rings is 2. The molecule has 0 unspecified atom stereocenters. The van der Waals surface area contributed by atoms with E-state index in [0.29, 0.717) is 12.4 Å². The predicted octanol–water partition coefficient (Wildman–Crippen LogP) is 3.00. The summed E-state index contributed by atoms with van der Waals surface area (Å²) in [7, 11) is 1.63. The highest BCUT2D eigenvalue weighted by Gasteiger charge is 2.09. The molecule has 1 aromatic heterocycles. The van der Waals surface area contributed by atoms with Crippen LogP contribution in [0.5, 0.6) is 5.75 Å². The molecule has 1 heterocycles. The molecule has 0 bridgehead atoms. The van der Waals surface area contributed by atoms with Crippen LogP contribution < -0.4 is 10.5 Å². The molecule has 3 rings (SSSR count). The largest absolute Gasteiger partial charge is 0.497 e. The maximum atomic E-state index is 5.78. The number of oxazole rings is 1. The lowest BCUT2D eigenvalue weighted by Crippen LogP contribution is -2.02. The van der Waals surface area contributed by atoms with Crippen molar-refractivity contribution < 1.29 is 9.15 Å². The second-order valence-electron chi connectivity index (χ2n) is 4.59. The van der Waals surface area contributed by atoms with Crippen molar-refractivity contribution in [1.29, 1.82) is 0 Å². The summed E-state index contributed by atoms with van der Waals surface area (Å²) in [5.41, 5.74) is 9.27. The van der Waals surface area contributed by atoms with Gasteiger partial charge in [-0.1, -0.05) is 12.1 Å². The standard InChI is InChI=1S/C16H16N2O2/c1-19-13-6-7-14-15(10-13)20-16(18-14)12-4-2-11(3-5-12)8-9-17/h2-7,10H,8-9,17H2,1H3. The lowest BCUT2D eigenvalue weighted by Gasteiger charge is -1.99. The van der Waals surface area contributed by atoms with Gasteiger partial charge in [-0.3, -0.25) is 0 Å². The molecule has 20 heavy (non-hydrogen) atoms. The van der Waals surface area contributed by atoms with Gasteiger partial charge in [0.15, 0.2) is 5.58 Å². The lowest BCUT2D eigenvalue weighted by molar-refractivity contribution is 0.414. The van der Waals surface area contributed by atoms with Gasteiger partial charge in [0.05, 0.1) is 7.11 Å². The second kappa shape index (κ2) is 5.35. The van der Waals surface area contributed by atoms with Gasteiger partial charge >= 0.3 is 0 Å². The molecule has 0 aliphatic heterocycles. The van der Waals surface area contributed by atoms with Gasteiger partial charge in [-0.15, -0.1) is 0 Å². The molecule has 0 aliphatic carbocycles. The first-order chi connectivity index (χ1) is 9.80. The Labute approximate surface area is 117 Å². The number of fused-ring (bicyclic) bond motifs is 1. The molecule has 0 aliphatic rings. The number of aromatic nitrogens is 1. The van der Waals surface area contributed by atoms with E-state index in [1.165, 1.54) is 5.56 Å². The van der Waals surface area contributed by atoms with Crippen LogP contribution >= 0.6 is 0 Å². The van der Waals surface area contributed by atoms with Crippen LogP contribution in [0.15, 0.2) is 46.9 Å². The van der Waals surface area contributed by atoms with Gasteiger partial charge in [0.2, 0.25) is 5.89 Å². The molecular weight excluding hydrogens is 252 g/mol. The zero-order chi connectivity index (χ0) is 13.9. The summed E-state index contributed by atoms with van der Waals surface area (Å²) in [6.07, 6.45) is 0.880. The van der Waals surface area contributed by atoms with Crippen molar-refractivity contribution >= 4 is 11.1 Å². The van der Waals surface area contributed by atoms with Gasteiger partial charge in [-0.2, -0.15) is 0 Å². The minimum Gasteiger partial charge on any atom is -0.497 e. The van der Waals surface area contributed by atoms with Crippen molar-refractivity contribution in [3.05, 3.63) is 48.0 Å². The Morgan fingerprint density at radius 1 is 1.15 bits per heavy atom. The summed E-state index contributed by atoms with van der Waals surface area (Å²) in [5.74, 6) is 1.38. The van der Waals surface area contributed by atoms with Gasteiger partial charge in [0, 0.05) is 11.6 Å². The van der Waals surface area contributed by atoms with Crippen molar-refractivity contribution in [3.63, 3.8) is 0 Å². The second-order valence-corrected chi connectivity index (χ2v) is 4.59. The molecule has 4 heteroatoms. The molecule has 0 saturated carbocycles. The number of methoxy groups -OCH3 is 1. The molecule has 0 spiro atoms. The average Bonchev–Trinajstić information content (AvgIpc) is 2.91. The van der Waals surface area contributed by atoms with Crippen LogP contribution in [0.4, 0.5) is 0 Å². The zero-order valence-electron chi connectivity index (χ0n) is 11.3. The smallest absolute Gasteiger partial charge is 0.227 e. The molecule has 0 saturated heterocycles. The van der Waals surface area contributed by atoms with Crippen LogP contribution in [0, 0.1) is 0 Å². The maximum absolute atomic E-state index is 5.78. The zero-order valence-corrected chi connectivity index (χ0v) is 11.3. The first-order valence-electron chi connectivity index (χ1n) is 6.54. The summed E-state index contributed by atoms with van der Waals surface area (Å²) >= 11 is 0. The van der Waals surface area contributed by atoms with E-state index in [0.717, 1.165) is 28.8 Å². The van der Waals surface area contributed by atoms with Gasteiger partial charge in [-0.25, -0.2) is 4.98 Å². The van der Waals surface area contributed by atoms with Crippen LogP contribution in [-0.2, 0) is 6.42 Å². The normalized spacial score (nSPS) is 10.9. The number of rotatable bonds is 4. The Kier molecular flexibility index (Phi) is 3.39. The maximum Gasteiger partial charge on any atom is 0.227 e.